The number of aliphatic imine (C=N–C) groups is 1. The van der Waals surface area contributed by atoms with Crippen LogP contribution in [0.15, 0.2) is 29.3 Å². The van der Waals surface area contributed by atoms with E-state index in [-0.39, 0.29) is 24.2 Å². The van der Waals surface area contributed by atoms with E-state index in [4.69, 9.17) is 4.74 Å². The highest BCUT2D eigenvalue weighted by molar-refractivity contribution is 7.89. The molecule has 1 saturated heterocycles. The van der Waals surface area contributed by atoms with Crippen molar-refractivity contribution >= 4 is 16.0 Å². The summed E-state index contributed by atoms with van der Waals surface area (Å²) in [6.45, 7) is 4.31. The average molecular weight is 415 g/mol. The second kappa shape index (κ2) is 11.3. The average Bonchev–Trinajstić information content (AvgIpc) is 2.68. The summed E-state index contributed by atoms with van der Waals surface area (Å²) in [6, 6.07) is 6.28. The number of hydrogen-bond acceptors (Lipinski definition) is 4. The molecule has 0 saturated carbocycles. The Morgan fingerprint density at radius 2 is 2.07 bits per heavy atom. The molecule has 0 aliphatic carbocycles. The van der Waals surface area contributed by atoms with Gasteiger partial charge in [0, 0.05) is 33.3 Å². The molecule has 0 bridgehead atoms. The molecule has 1 aromatic carbocycles. The zero-order valence-electron chi connectivity index (χ0n) is 16.7. The summed E-state index contributed by atoms with van der Waals surface area (Å²) in [4.78, 5) is 6.30. The minimum absolute atomic E-state index is 0.0359. The van der Waals surface area contributed by atoms with Crippen LogP contribution in [0.5, 0.6) is 0 Å². The van der Waals surface area contributed by atoms with Gasteiger partial charge in [-0.25, -0.2) is 17.5 Å². The molecule has 158 valence electrons. The lowest BCUT2D eigenvalue weighted by atomic mass is 10.1. The van der Waals surface area contributed by atoms with Crippen molar-refractivity contribution in [3.05, 3.63) is 35.6 Å². The van der Waals surface area contributed by atoms with Crippen LogP contribution in [-0.2, 0) is 21.3 Å². The number of benzene rings is 1. The van der Waals surface area contributed by atoms with Crippen molar-refractivity contribution in [1.29, 1.82) is 0 Å². The Kier molecular flexibility index (Phi) is 9.14. The molecular weight excluding hydrogens is 383 g/mol. The van der Waals surface area contributed by atoms with E-state index in [1.807, 2.05) is 18.9 Å². The Hall–Kier alpha value is -1.71. The Morgan fingerprint density at radius 1 is 1.32 bits per heavy atom. The fourth-order valence-electron chi connectivity index (χ4n) is 2.94. The van der Waals surface area contributed by atoms with Crippen LogP contribution in [0.4, 0.5) is 4.39 Å². The van der Waals surface area contributed by atoms with Crippen LogP contribution in [0, 0.1) is 5.82 Å². The molecule has 1 aliphatic rings. The van der Waals surface area contributed by atoms with Crippen LogP contribution in [0.2, 0.25) is 0 Å². The van der Waals surface area contributed by atoms with Crippen LogP contribution < -0.4 is 10.0 Å². The van der Waals surface area contributed by atoms with Crippen molar-refractivity contribution in [1.82, 2.24) is 14.9 Å². The molecule has 1 heterocycles. The maximum Gasteiger partial charge on any atom is 0.213 e. The first kappa shape index (κ1) is 22.6. The number of halogens is 1. The number of rotatable bonds is 9. The SMILES string of the molecule is CCNC(=NCCS(=O)(=O)NCC1CCCCO1)N(C)Cc1ccc(F)cc1. The van der Waals surface area contributed by atoms with Gasteiger partial charge in [0.05, 0.1) is 18.4 Å². The van der Waals surface area contributed by atoms with Crippen LogP contribution in [0.25, 0.3) is 0 Å². The fourth-order valence-corrected chi connectivity index (χ4v) is 3.86. The highest BCUT2D eigenvalue weighted by atomic mass is 32.2. The summed E-state index contributed by atoms with van der Waals surface area (Å²) in [6.07, 6.45) is 2.96. The van der Waals surface area contributed by atoms with Gasteiger partial charge in [0.2, 0.25) is 10.0 Å². The van der Waals surface area contributed by atoms with E-state index in [9.17, 15) is 12.8 Å². The van der Waals surface area contributed by atoms with Crippen molar-refractivity contribution in [3.63, 3.8) is 0 Å². The van der Waals surface area contributed by atoms with Gasteiger partial charge in [-0.1, -0.05) is 12.1 Å². The van der Waals surface area contributed by atoms with E-state index in [0.717, 1.165) is 24.8 Å². The molecule has 1 unspecified atom stereocenters. The highest BCUT2D eigenvalue weighted by Crippen LogP contribution is 2.12. The number of nitrogens with one attached hydrogen (secondary N) is 2. The van der Waals surface area contributed by atoms with E-state index in [1.165, 1.54) is 12.1 Å². The molecule has 0 spiro atoms. The molecule has 0 aromatic heterocycles. The highest BCUT2D eigenvalue weighted by Gasteiger charge is 2.17. The lowest BCUT2D eigenvalue weighted by Crippen LogP contribution is -2.39. The third-order valence-corrected chi connectivity index (χ3v) is 5.78. The third kappa shape index (κ3) is 8.12. The minimum Gasteiger partial charge on any atom is -0.377 e. The lowest BCUT2D eigenvalue weighted by molar-refractivity contribution is 0.0200. The molecule has 0 radical (unpaired) electrons. The molecule has 1 fully saturated rings. The first-order valence-corrected chi connectivity index (χ1v) is 11.4. The van der Waals surface area contributed by atoms with Crippen molar-refractivity contribution in [2.75, 3.05) is 39.0 Å². The Bertz CT molecular complexity index is 719. The molecule has 2 rings (SSSR count). The van der Waals surface area contributed by atoms with Gasteiger partial charge >= 0.3 is 0 Å². The minimum atomic E-state index is -3.41. The Labute approximate surface area is 167 Å². The van der Waals surface area contributed by atoms with Crippen molar-refractivity contribution in [2.45, 2.75) is 38.8 Å². The van der Waals surface area contributed by atoms with Crippen molar-refractivity contribution in [3.8, 4) is 0 Å². The number of ether oxygens (including phenoxy) is 1. The topological polar surface area (TPSA) is 83.0 Å². The van der Waals surface area contributed by atoms with Crippen molar-refractivity contribution < 1.29 is 17.5 Å². The number of nitrogens with zero attached hydrogens (tertiary/aromatic N) is 2. The summed E-state index contributed by atoms with van der Waals surface area (Å²) in [7, 11) is -1.55. The first-order chi connectivity index (χ1) is 13.4. The van der Waals surface area contributed by atoms with E-state index in [0.29, 0.717) is 32.2 Å². The Balaban J connectivity index is 1.85. The summed E-state index contributed by atoms with van der Waals surface area (Å²) >= 11 is 0. The Morgan fingerprint density at radius 3 is 2.71 bits per heavy atom. The summed E-state index contributed by atoms with van der Waals surface area (Å²) in [5.74, 6) is 0.250. The van der Waals surface area contributed by atoms with Gasteiger partial charge in [-0.2, -0.15) is 0 Å². The van der Waals surface area contributed by atoms with Crippen molar-refractivity contribution in [2.24, 2.45) is 4.99 Å². The summed E-state index contributed by atoms with van der Waals surface area (Å²) in [5.41, 5.74) is 0.941. The maximum atomic E-state index is 13.0. The first-order valence-electron chi connectivity index (χ1n) is 9.72. The van der Waals surface area contributed by atoms with Gasteiger partial charge in [-0.05, 0) is 43.9 Å². The van der Waals surface area contributed by atoms with Gasteiger partial charge in [-0.3, -0.25) is 4.99 Å². The van der Waals surface area contributed by atoms with Crippen LogP contribution in [0.3, 0.4) is 0 Å². The summed E-state index contributed by atoms with van der Waals surface area (Å²) < 4.78 is 45.6. The molecule has 2 N–H and O–H groups in total. The van der Waals surface area contributed by atoms with Crippen LogP contribution in [0.1, 0.15) is 31.7 Å². The van der Waals surface area contributed by atoms with Gasteiger partial charge in [0.1, 0.15) is 5.82 Å². The zero-order chi connectivity index (χ0) is 20.4. The molecule has 0 amide bonds. The fraction of sp³-hybridized carbons (Fsp3) is 0.632. The lowest BCUT2D eigenvalue weighted by Gasteiger charge is -2.23. The van der Waals surface area contributed by atoms with Gasteiger partial charge < -0.3 is 15.0 Å². The normalized spacial score (nSPS) is 18.1. The predicted octanol–water partition coefficient (Wildman–Crippen LogP) is 1.71. The molecule has 1 aliphatic heterocycles. The third-order valence-electron chi connectivity index (χ3n) is 4.46. The second-order valence-corrected chi connectivity index (χ2v) is 8.80. The van der Waals surface area contributed by atoms with Gasteiger partial charge in [0.15, 0.2) is 5.96 Å². The molecule has 7 nitrogen and oxygen atoms in total. The largest absolute Gasteiger partial charge is 0.377 e. The molecule has 1 aromatic rings. The molecular formula is C19H31FN4O3S. The van der Waals surface area contributed by atoms with E-state index in [2.05, 4.69) is 15.0 Å². The molecule has 1 atom stereocenters. The molecule has 28 heavy (non-hydrogen) atoms. The number of hydrogen-bond donors (Lipinski definition) is 2. The number of sulfonamides is 1. The monoisotopic (exact) mass is 414 g/mol. The predicted molar refractivity (Wildman–Crippen MR) is 109 cm³/mol. The van der Waals surface area contributed by atoms with E-state index < -0.39 is 10.0 Å². The number of guanidine groups is 1. The van der Waals surface area contributed by atoms with Crippen LogP contribution >= 0.6 is 0 Å². The standard InChI is InChI=1S/C19H31FN4O3S/c1-3-21-19(24(2)15-16-7-9-17(20)10-8-16)22-11-13-28(25,26)23-14-18-6-4-5-12-27-18/h7-10,18,23H,3-6,11-15H2,1-2H3,(H,21,22). The zero-order valence-corrected chi connectivity index (χ0v) is 17.5. The quantitative estimate of drug-likeness (QED) is 0.475. The van der Waals surface area contributed by atoms with E-state index >= 15 is 0 Å². The smallest absolute Gasteiger partial charge is 0.213 e. The second-order valence-electron chi connectivity index (χ2n) is 6.87. The van der Waals surface area contributed by atoms with Gasteiger partial charge in [-0.15, -0.1) is 0 Å². The van der Waals surface area contributed by atoms with Crippen LogP contribution in [-0.4, -0.2) is 64.4 Å². The molecule has 9 heteroatoms. The maximum absolute atomic E-state index is 13.0. The van der Waals surface area contributed by atoms with Gasteiger partial charge in [0.25, 0.3) is 0 Å². The summed E-state index contributed by atoms with van der Waals surface area (Å²) in [5, 5.41) is 3.15. The van der Waals surface area contributed by atoms with E-state index in [1.54, 1.807) is 12.1 Å².